The first-order valence-electron chi connectivity index (χ1n) is 11.8. The minimum atomic E-state index is -0.786. The van der Waals surface area contributed by atoms with Gasteiger partial charge in [0.05, 0.1) is 5.60 Å². The van der Waals surface area contributed by atoms with E-state index in [1.54, 1.807) is 0 Å². The lowest BCUT2D eigenvalue weighted by Crippen LogP contribution is -2.26. The molecule has 34 heavy (non-hydrogen) atoms. The van der Waals surface area contributed by atoms with E-state index in [9.17, 15) is 5.11 Å². The SMILES string of the molecule is CC(C)(O)c1ccccc1Cc1ccccc1.CC1(C)c2ccccc2Cc2ccccc21.S.[3HH]. The summed E-state index contributed by atoms with van der Waals surface area (Å²) in [5, 5.41) is 10.1. The molecule has 0 amide bonds. The van der Waals surface area contributed by atoms with Crippen molar-refractivity contribution in [3.63, 3.8) is 0 Å². The maximum Gasteiger partial charge on any atom is 0.0843 e. The van der Waals surface area contributed by atoms with Crippen molar-refractivity contribution in [2.45, 2.75) is 51.6 Å². The van der Waals surface area contributed by atoms with Crippen molar-refractivity contribution in [1.29, 1.82) is 0 Å². The van der Waals surface area contributed by atoms with Gasteiger partial charge in [-0.15, -0.1) is 0 Å². The first kappa shape index (κ1) is 25.8. The topological polar surface area (TPSA) is 20.2 Å². The van der Waals surface area contributed by atoms with Crippen molar-refractivity contribution in [1.82, 2.24) is 0 Å². The summed E-state index contributed by atoms with van der Waals surface area (Å²) >= 11 is 0. The molecule has 1 nitrogen and oxygen atoms in total. The van der Waals surface area contributed by atoms with Crippen molar-refractivity contribution in [2.24, 2.45) is 0 Å². The van der Waals surface area contributed by atoms with Crippen LogP contribution in [0, 0.1) is 0 Å². The van der Waals surface area contributed by atoms with Gasteiger partial charge in [0, 0.05) is 6.84 Å². The molecule has 2 heteroatoms. The summed E-state index contributed by atoms with van der Waals surface area (Å²) in [4.78, 5) is 0. The average molecular weight is 473 g/mol. The van der Waals surface area contributed by atoms with E-state index in [0.717, 1.165) is 18.4 Å². The van der Waals surface area contributed by atoms with Gasteiger partial charge in [0.15, 0.2) is 0 Å². The molecule has 0 unspecified atom stereocenters. The maximum atomic E-state index is 10.1. The fraction of sp³-hybridized carbons (Fsp3) is 0.250. The van der Waals surface area contributed by atoms with Crippen molar-refractivity contribution >= 4 is 13.5 Å². The van der Waals surface area contributed by atoms with Gasteiger partial charge in [-0.1, -0.05) is 117 Å². The molecule has 0 aromatic heterocycles. The van der Waals surface area contributed by atoms with E-state index in [-0.39, 0.29) is 20.3 Å². The zero-order chi connectivity index (χ0) is 23.5. The van der Waals surface area contributed by atoms with Gasteiger partial charge in [0.2, 0.25) is 0 Å². The number of rotatable bonds is 3. The molecule has 1 aliphatic rings. The van der Waals surface area contributed by atoms with Gasteiger partial charge in [-0.05, 0) is 65.6 Å². The third-order valence-electron chi connectivity index (χ3n) is 6.68. The Morgan fingerprint density at radius 1 is 0.706 bits per heavy atom. The van der Waals surface area contributed by atoms with E-state index in [4.69, 9.17) is 0 Å². The maximum absolute atomic E-state index is 10.1. The van der Waals surface area contributed by atoms with E-state index in [2.05, 4.69) is 80.6 Å². The van der Waals surface area contributed by atoms with Gasteiger partial charge in [0.25, 0.3) is 0 Å². The van der Waals surface area contributed by atoms with Crippen LogP contribution in [0.25, 0.3) is 0 Å². The molecule has 1 aliphatic carbocycles. The van der Waals surface area contributed by atoms with Crippen LogP contribution in [0.15, 0.2) is 103 Å². The number of fused-ring (bicyclic) bond motifs is 2. The summed E-state index contributed by atoms with van der Waals surface area (Å²) in [6.07, 6.45) is 1.94. The molecule has 4 aromatic rings. The van der Waals surface area contributed by atoms with E-state index in [1.165, 1.54) is 33.4 Å². The molecular weight excluding hydrogens is 432 g/mol. The summed E-state index contributed by atoms with van der Waals surface area (Å²) in [5.74, 6) is 0. The third-order valence-corrected chi connectivity index (χ3v) is 6.68. The van der Waals surface area contributed by atoms with Crippen LogP contribution in [-0.4, -0.2) is 5.11 Å². The van der Waals surface area contributed by atoms with E-state index >= 15 is 0 Å². The number of aliphatic hydroxyl groups is 1. The first-order chi connectivity index (χ1) is 15.8. The lowest BCUT2D eigenvalue weighted by Gasteiger charge is -2.35. The molecule has 0 aliphatic heterocycles. The highest BCUT2D eigenvalue weighted by Gasteiger charge is 2.31. The molecule has 0 atom stereocenters. The van der Waals surface area contributed by atoms with Crippen LogP contribution in [0.5, 0.6) is 0 Å². The molecule has 0 spiro atoms. The second kappa shape index (κ2) is 10.6. The molecule has 0 fully saturated rings. The predicted octanol–water partition coefficient (Wildman–Crippen LogP) is 7.78. The molecule has 178 valence electrons. The molecule has 0 saturated heterocycles. The molecule has 0 radical (unpaired) electrons. The number of benzene rings is 4. The summed E-state index contributed by atoms with van der Waals surface area (Å²) in [5.41, 5.74) is 8.73. The van der Waals surface area contributed by atoms with Crippen molar-refractivity contribution in [2.75, 3.05) is 0 Å². The predicted molar refractivity (Wildman–Crippen MR) is 151 cm³/mol. The van der Waals surface area contributed by atoms with Crippen LogP contribution in [-0.2, 0) is 23.9 Å². The Labute approximate surface area is 213 Å². The van der Waals surface area contributed by atoms with Gasteiger partial charge >= 0.3 is 0 Å². The van der Waals surface area contributed by atoms with Gasteiger partial charge in [-0.3, -0.25) is 0 Å². The molecule has 0 bridgehead atoms. The Morgan fingerprint density at radius 3 is 1.74 bits per heavy atom. The Balaban J connectivity index is 0.000000234. The van der Waals surface area contributed by atoms with Crippen molar-refractivity contribution in [3.8, 4) is 0 Å². The summed E-state index contributed by atoms with van der Waals surface area (Å²) in [6.45, 7) is 8.31. The summed E-state index contributed by atoms with van der Waals surface area (Å²) < 4.78 is 0. The minimum absolute atomic E-state index is 0. The smallest absolute Gasteiger partial charge is 0.0843 e. The Bertz CT molecular complexity index is 1180. The summed E-state index contributed by atoms with van der Waals surface area (Å²) in [6, 6.07) is 36.0. The Morgan fingerprint density at radius 2 is 1.18 bits per heavy atom. The number of hydrogen-bond acceptors (Lipinski definition) is 1. The van der Waals surface area contributed by atoms with Crippen LogP contribution in [0.1, 0.15) is 68.1 Å². The molecule has 1 N–H and O–H groups in total. The van der Waals surface area contributed by atoms with Crippen LogP contribution < -0.4 is 0 Å². The van der Waals surface area contributed by atoms with E-state index in [0.29, 0.717) is 0 Å². The van der Waals surface area contributed by atoms with E-state index in [1.807, 2.05) is 50.2 Å². The highest BCUT2D eigenvalue weighted by atomic mass is 32.1. The monoisotopic (exact) mass is 472 g/mol. The normalized spacial score (nSPS) is 13.4. The minimum Gasteiger partial charge on any atom is -0.386 e. The fourth-order valence-corrected chi connectivity index (χ4v) is 5.01. The molecular formula is C32H38OS. The fourth-order valence-electron chi connectivity index (χ4n) is 5.01. The lowest BCUT2D eigenvalue weighted by atomic mass is 9.69. The third kappa shape index (κ3) is 5.63. The zero-order valence-electron chi connectivity index (χ0n) is 20.7. The molecule has 4 aromatic carbocycles. The second-order valence-corrected chi connectivity index (χ2v) is 9.99. The van der Waals surface area contributed by atoms with Gasteiger partial charge in [0.1, 0.15) is 0 Å². The highest BCUT2D eigenvalue weighted by Crippen LogP contribution is 2.40. The molecule has 0 heterocycles. The van der Waals surface area contributed by atoms with Gasteiger partial charge in [-0.2, -0.15) is 13.5 Å². The highest BCUT2D eigenvalue weighted by molar-refractivity contribution is 7.59. The lowest BCUT2D eigenvalue weighted by molar-refractivity contribution is 0.0777. The summed E-state index contributed by atoms with van der Waals surface area (Å²) in [7, 11) is 0. The number of hydrogen-bond donors (Lipinski definition) is 1. The zero-order valence-corrected chi connectivity index (χ0v) is 21.7. The van der Waals surface area contributed by atoms with Crippen LogP contribution in [0.2, 0.25) is 0 Å². The van der Waals surface area contributed by atoms with E-state index < -0.39 is 5.60 Å². The quantitative estimate of drug-likeness (QED) is 0.323. The second-order valence-electron chi connectivity index (χ2n) is 9.99. The Kier molecular flexibility index (Phi) is 8.07. The van der Waals surface area contributed by atoms with Gasteiger partial charge < -0.3 is 5.11 Å². The standard InChI is InChI=1S/C16H18O.C16H16.H2S.H2/c1-16(2,17)15-11-7-6-10-14(15)12-13-8-4-3-5-9-13;1-16(2)14-9-5-3-7-12(14)11-13-8-4-6-10-15(13)16;;/h3-11,17H,12H2,1-2H3;3-10H,11H2,1-2H3;1H2;1H/i;;;1+2. The van der Waals surface area contributed by atoms with Gasteiger partial charge in [-0.25, -0.2) is 0 Å². The largest absolute Gasteiger partial charge is 0.386 e. The van der Waals surface area contributed by atoms with Crippen LogP contribution in [0.4, 0.5) is 0 Å². The Hall–Kier alpha value is -2.81. The van der Waals surface area contributed by atoms with Crippen LogP contribution >= 0.6 is 13.5 Å². The van der Waals surface area contributed by atoms with Crippen LogP contribution in [0.3, 0.4) is 0 Å². The molecule has 0 saturated carbocycles. The van der Waals surface area contributed by atoms with Crippen molar-refractivity contribution in [3.05, 3.63) is 142 Å². The average Bonchev–Trinajstić information content (AvgIpc) is 2.80. The molecule has 5 rings (SSSR count). The first-order valence-corrected chi connectivity index (χ1v) is 11.8. The van der Waals surface area contributed by atoms with Crippen molar-refractivity contribution < 1.29 is 6.53 Å².